The number of carbonyl (C=O) groups excluding carboxylic acids is 3. The Bertz CT molecular complexity index is 841. The number of carbonyl (C=O) groups is 4. The van der Waals surface area contributed by atoms with Crippen LogP contribution in [-0.2, 0) is 19.2 Å². The SMILES string of the molecule is C[C@H](CCC(=O)NCC(=O)O)[C@H]1CC[C@H]2[C@@H]3C(=O)CC4C[C@H](O)CC[C@]4(C)[C@H]3CC(=O)[C@]12C. The number of aliphatic hydroxyl groups excluding tert-OH is 1. The number of fused-ring (bicyclic) bond motifs is 5. The minimum atomic E-state index is -1.06. The summed E-state index contributed by atoms with van der Waals surface area (Å²) in [5.41, 5.74) is -0.591. The van der Waals surface area contributed by atoms with E-state index in [1.165, 1.54) is 0 Å². The fourth-order valence-corrected chi connectivity index (χ4v) is 8.40. The molecule has 1 unspecified atom stereocenters. The van der Waals surface area contributed by atoms with Crippen molar-refractivity contribution in [3.8, 4) is 0 Å². The maximum atomic E-state index is 13.8. The van der Waals surface area contributed by atoms with E-state index in [1.54, 1.807) is 0 Å². The van der Waals surface area contributed by atoms with E-state index in [2.05, 4.69) is 26.1 Å². The van der Waals surface area contributed by atoms with E-state index in [1.807, 2.05) is 0 Å². The summed E-state index contributed by atoms with van der Waals surface area (Å²) in [7, 11) is 0. The summed E-state index contributed by atoms with van der Waals surface area (Å²) < 4.78 is 0. The molecule has 7 nitrogen and oxygen atoms in total. The van der Waals surface area contributed by atoms with Gasteiger partial charge in [-0.2, -0.15) is 0 Å². The Labute approximate surface area is 196 Å². The van der Waals surface area contributed by atoms with E-state index in [0.717, 1.165) is 25.7 Å². The smallest absolute Gasteiger partial charge is 0.322 e. The van der Waals surface area contributed by atoms with Gasteiger partial charge >= 0.3 is 5.97 Å². The Morgan fingerprint density at radius 2 is 1.85 bits per heavy atom. The maximum absolute atomic E-state index is 13.8. The molecule has 3 N–H and O–H groups in total. The number of aliphatic hydroxyl groups is 1. The average molecular weight is 462 g/mol. The Morgan fingerprint density at radius 1 is 1.12 bits per heavy atom. The molecule has 0 aromatic rings. The van der Waals surface area contributed by atoms with Gasteiger partial charge in [-0.1, -0.05) is 20.8 Å². The molecule has 0 heterocycles. The van der Waals surface area contributed by atoms with Crippen molar-refractivity contribution in [3.63, 3.8) is 0 Å². The molecule has 4 fully saturated rings. The predicted molar refractivity (Wildman–Crippen MR) is 121 cm³/mol. The Morgan fingerprint density at radius 3 is 2.55 bits per heavy atom. The Balaban J connectivity index is 1.50. The fourth-order valence-electron chi connectivity index (χ4n) is 8.40. The van der Waals surface area contributed by atoms with Crippen LogP contribution in [0, 0.1) is 46.3 Å². The van der Waals surface area contributed by atoms with E-state index >= 15 is 0 Å². The lowest BCUT2D eigenvalue weighted by Crippen LogP contribution is -2.60. The summed E-state index contributed by atoms with van der Waals surface area (Å²) >= 11 is 0. The zero-order valence-electron chi connectivity index (χ0n) is 20.1. The largest absolute Gasteiger partial charge is 0.480 e. The van der Waals surface area contributed by atoms with Crippen LogP contribution in [-0.4, -0.2) is 46.3 Å². The summed E-state index contributed by atoms with van der Waals surface area (Å²) in [6.45, 7) is 6.04. The number of hydrogen-bond acceptors (Lipinski definition) is 5. The molecule has 4 rings (SSSR count). The molecule has 7 heteroatoms. The number of rotatable bonds is 6. The third-order valence-electron chi connectivity index (χ3n) is 10.3. The van der Waals surface area contributed by atoms with Gasteiger partial charge in [-0.25, -0.2) is 0 Å². The van der Waals surface area contributed by atoms with Crippen molar-refractivity contribution in [2.45, 2.75) is 84.7 Å². The lowest BCUT2D eigenvalue weighted by atomic mass is 9.43. The third-order valence-corrected chi connectivity index (χ3v) is 10.3. The lowest BCUT2D eigenvalue weighted by Gasteiger charge is -2.59. The zero-order chi connectivity index (χ0) is 24.1. The van der Waals surface area contributed by atoms with Gasteiger partial charge in [-0.15, -0.1) is 0 Å². The molecule has 0 aromatic carbocycles. The molecule has 184 valence electrons. The van der Waals surface area contributed by atoms with Crippen molar-refractivity contribution in [3.05, 3.63) is 0 Å². The molecular formula is C26H39NO6. The minimum Gasteiger partial charge on any atom is -0.480 e. The maximum Gasteiger partial charge on any atom is 0.322 e. The van der Waals surface area contributed by atoms with E-state index in [0.29, 0.717) is 31.5 Å². The molecule has 33 heavy (non-hydrogen) atoms. The van der Waals surface area contributed by atoms with Gasteiger partial charge < -0.3 is 15.5 Å². The van der Waals surface area contributed by atoms with Gasteiger partial charge in [-0.05, 0) is 73.5 Å². The molecule has 0 bridgehead atoms. The first kappa shape index (κ1) is 24.4. The fraction of sp³-hybridized carbons (Fsp3) is 0.846. The number of amides is 1. The molecule has 0 spiro atoms. The normalized spacial score (nSPS) is 43.3. The summed E-state index contributed by atoms with van der Waals surface area (Å²) in [5.74, 6) is -0.247. The average Bonchev–Trinajstić information content (AvgIpc) is 3.11. The van der Waals surface area contributed by atoms with Crippen molar-refractivity contribution >= 4 is 23.4 Å². The minimum absolute atomic E-state index is 0.0548. The van der Waals surface area contributed by atoms with Crippen LogP contribution < -0.4 is 5.32 Å². The highest BCUT2D eigenvalue weighted by Gasteiger charge is 2.66. The number of carboxylic acids is 1. The molecule has 0 aliphatic heterocycles. The van der Waals surface area contributed by atoms with Gasteiger partial charge in [0.25, 0.3) is 0 Å². The van der Waals surface area contributed by atoms with Crippen LogP contribution in [0.3, 0.4) is 0 Å². The second-order valence-electron chi connectivity index (χ2n) is 11.8. The topological polar surface area (TPSA) is 121 Å². The molecule has 4 aliphatic rings. The number of carboxylic acid groups (broad SMARTS) is 1. The highest BCUT2D eigenvalue weighted by atomic mass is 16.4. The van der Waals surface area contributed by atoms with Crippen molar-refractivity contribution in [1.29, 1.82) is 0 Å². The second-order valence-corrected chi connectivity index (χ2v) is 11.8. The van der Waals surface area contributed by atoms with Gasteiger partial charge in [0, 0.05) is 30.6 Å². The number of nitrogens with one attached hydrogen (secondary N) is 1. The number of aliphatic carboxylic acids is 1. The van der Waals surface area contributed by atoms with Gasteiger partial charge in [0.1, 0.15) is 18.1 Å². The molecule has 9 atom stereocenters. The highest BCUT2D eigenvalue weighted by molar-refractivity contribution is 5.92. The predicted octanol–water partition coefficient (Wildman–Crippen LogP) is 2.98. The van der Waals surface area contributed by atoms with Crippen molar-refractivity contribution in [2.75, 3.05) is 6.54 Å². The first-order valence-corrected chi connectivity index (χ1v) is 12.7. The molecular weight excluding hydrogens is 422 g/mol. The molecule has 1 amide bonds. The second kappa shape index (κ2) is 8.79. The lowest BCUT2D eigenvalue weighted by molar-refractivity contribution is -0.168. The number of Topliss-reactive ketones (excluding diaryl/α,β-unsaturated/α-hetero) is 2. The third kappa shape index (κ3) is 4.04. The van der Waals surface area contributed by atoms with Crippen LogP contribution >= 0.6 is 0 Å². The Kier molecular flexibility index (Phi) is 6.49. The van der Waals surface area contributed by atoms with Crippen LogP contribution in [0.2, 0.25) is 0 Å². The summed E-state index contributed by atoms with van der Waals surface area (Å²) in [5, 5.41) is 21.3. The van der Waals surface area contributed by atoms with E-state index in [9.17, 15) is 24.3 Å². The van der Waals surface area contributed by atoms with Crippen LogP contribution in [0.25, 0.3) is 0 Å². The van der Waals surface area contributed by atoms with Gasteiger partial charge in [0.15, 0.2) is 0 Å². The summed E-state index contributed by atoms with van der Waals surface area (Å²) in [6.07, 6.45) is 5.57. The van der Waals surface area contributed by atoms with Crippen LogP contribution in [0.4, 0.5) is 0 Å². The van der Waals surface area contributed by atoms with Crippen molar-refractivity contribution in [1.82, 2.24) is 5.32 Å². The van der Waals surface area contributed by atoms with Crippen molar-refractivity contribution < 1.29 is 29.4 Å². The number of ketones is 2. The summed E-state index contributed by atoms with van der Waals surface area (Å²) in [4.78, 5) is 49.9. The Hall–Kier alpha value is -1.76. The standard InChI is InChI=1S/C26H39NO6/c1-14(4-7-22(31)27-13-23(32)33)17-5-6-18-24-19(12-21(30)26(17,18)3)25(2)9-8-16(28)10-15(25)11-20(24)29/h14-19,24,28H,4-13H2,1-3H3,(H,27,31)(H,32,33)/t14-,15?,16-,17-,18+,19+,24+,25+,26-/m1/s1. The van der Waals surface area contributed by atoms with E-state index in [-0.39, 0.29) is 71.7 Å². The monoisotopic (exact) mass is 461 g/mol. The first-order valence-electron chi connectivity index (χ1n) is 12.7. The summed E-state index contributed by atoms with van der Waals surface area (Å²) in [6, 6.07) is 0. The quantitative estimate of drug-likeness (QED) is 0.559. The molecule has 4 saturated carbocycles. The van der Waals surface area contributed by atoms with Crippen LogP contribution in [0.1, 0.15) is 78.6 Å². The van der Waals surface area contributed by atoms with Gasteiger partial charge in [0.2, 0.25) is 5.91 Å². The molecule has 0 radical (unpaired) electrons. The first-order chi connectivity index (χ1) is 15.5. The van der Waals surface area contributed by atoms with Crippen LogP contribution in [0.15, 0.2) is 0 Å². The van der Waals surface area contributed by atoms with Gasteiger partial charge in [0.05, 0.1) is 6.10 Å². The van der Waals surface area contributed by atoms with Crippen LogP contribution in [0.5, 0.6) is 0 Å². The molecule has 0 aromatic heterocycles. The van der Waals surface area contributed by atoms with E-state index in [4.69, 9.17) is 5.11 Å². The zero-order valence-corrected chi connectivity index (χ0v) is 20.1. The van der Waals surface area contributed by atoms with Gasteiger partial charge in [-0.3, -0.25) is 19.2 Å². The number of hydrogen-bond donors (Lipinski definition) is 3. The molecule has 0 saturated heterocycles. The highest BCUT2D eigenvalue weighted by Crippen LogP contribution is 2.66. The van der Waals surface area contributed by atoms with Crippen molar-refractivity contribution in [2.24, 2.45) is 46.3 Å². The van der Waals surface area contributed by atoms with E-state index < -0.39 is 11.4 Å². The molecule has 4 aliphatic carbocycles.